The highest BCUT2D eigenvalue weighted by atomic mass is 79.9. The SMILES string of the molecule is COC(=O)c1cc2c(cn1)C(Br)=NC2.COC(=O)c1cc2c(cn1)c(Br)nn2C(c1ccccc1)(c1ccccc1)c1ccccc1.Nc1cc2c(cn1)c(Br)nn2C(c1ccccc1)(c1ccccc1)c1ccccc1.O=C(O)c1cc2c(cn1)c(Br)nn2C(c1ccccc1)(c1ccccc1)c1ccccc1. The summed E-state index contributed by atoms with van der Waals surface area (Å²) in [4.78, 5) is 56.0. The molecule has 16 aromatic rings. The molecule has 0 aliphatic carbocycles. The van der Waals surface area contributed by atoms with Gasteiger partial charge in [0.05, 0.1) is 53.5 Å². The van der Waals surface area contributed by atoms with Crippen LogP contribution < -0.4 is 5.73 Å². The molecule has 0 bridgehead atoms. The highest BCUT2D eigenvalue weighted by Crippen LogP contribution is 2.47. The van der Waals surface area contributed by atoms with Crippen molar-refractivity contribution in [1.29, 1.82) is 0 Å². The summed E-state index contributed by atoms with van der Waals surface area (Å²) >= 11 is 14.1. The number of ether oxygens (including phenoxy) is 2. The summed E-state index contributed by atoms with van der Waals surface area (Å²) in [5.74, 6) is -1.54. The Labute approximate surface area is 660 Å². The molecule has 18 nitrogen and oxygen atoms in total. The number of fused-ring (bicyclic) bond motifs is 4. The van der Waals surface area contributed by atoms with Gasteiger partial charge in [-0.15, -0.1) is 0 Å². The molecule has 17 rings (SSSR count). The van der Waals surface area contributed by atoms with Crippen molar-refractivity contribution in [2.45, 2.75) is 23.2 Å². The third-order valence-corrected chi connectivity index (χ3v) is 21.3. The number of nitrogens with two attached hydrogens (primary N) is 1. The number of anilines is 1. The summed E-state index contributed by atoms with van der Waals surface area (Å²) in [6, 6.07) is 99.4. The van der Waals surface area contributed by atoms with Crippen molar-refractivity contribution in [1.82, 2.24) is 49.3 Å². The van der Waals surface area contributed by atoms with Gasteiger partial charge in [-0.05, 0) is 138 Å². The third-order valence-electron chi connectivity index (χ3n) is 18.9. The van der Waals surface area contributed by atoms with Crippen molar-refractivity contribution in [3.8, 4) is 0 Å². The fourth-order valence-corrected chi connectivity index (χ4v) is 15.9. The lowest BCUT2D eigenvalue weighted by atomic mass is 9.77. The maximum absolute atomic E-state index is 12.3. The molecular formula is C87H64Br4N12O6. The molecule has 0 radical (unpaired) electrons. The Kier molecular flexibility index (Phi) is 22.0. The minimum Gasteiger partial charge on any atom is -0.477 e. The number of carbonyl (C=O) groups is 3. The fraction of sp³-hybridized carbons (Fsp3) is 0.0690. The molecule has 0 saturated carbocycles. The molecule has 0 saturated heterocycles. The number of hydrogen-bond donors (Lipinski definition) is 2. The Balaban J connectivity index is 0.000000125. The van der Waals surface area contributed by atoms with Crippen LogP contribution in [0.3, 0.4) is 0 Å². The van der Waals surface area contributed by atoms with E-state index in [2.05, 4.69) is 244 Å². The molecule has 9 aromatic carbocycles. The van der Waals surface area contributed by atoms with E-state index >= 15 is 0 Å². The number of nitrogens with zero attached hydrogens (tertiary/aromatic N) is 11. The second-order valence-corrected chi connectivity index (χ2v) is 28.0. The van der Waals surface area contributed by atoms with E-state index in [1.165, 1.54) is 14.2 Å². The first-order chi connectivity index (χ1) is 53.2. The first kappa shape index (κ1) is 73.7. The summed E-state index contributed by atoms with van der Waals surface area (Å²) in [7, 11) is 2.69. The summed E-state index contributed by atoms with van der Waals surface area (Å²) in [6.45, 7) is 0.586. The average molecular weight is 1690 g/mol. The minimum absolute atomic E-state index is 0.0331. The molecule has 0 unspecified atom stereocenters. The van der Waals surface area contributed by atoms with E-state index in [1.807, 2.05) is 143 Å². The number of carboxylic acid groups (broad SMARTS) is 1. The zero-order valence-electron chi connectivity index (χ0n) is 58.3. The van der Waals surface area contributed by atoms with Crippen LogP contribution >= 0.6 is 63.7 Å². The molecule has 22 heteroatoms. The maximum Gasteiger partial charge on any atom is 0.356 e. The van der Waals surface area contributed by atoms with Gasteiger partial charge in [0.2, 0.25) is 0 Å². The lowest BCUT2D eigenvalue weighted by Gasteiger charge is -2.37. The van der Waals surface area contributed by atoms with Gasteiger partial charge >= 0.3 is 17.9 Å². The number of carbonyl (C=O) groups excluding carboxylic acids is 2. The zero-order chi connectivity index (χ0) is 75.7. The molecule has 536 valence electrons. The smallest absolute Gasteiger partial charge is 0.356 e. The van der Waals surface area contributed by atoms with E-state index in [0.717, 1.165) is 97.6 Å². The summed E-state index contributed by atoms with van der Waals surface area (Å²) in [6.07, 6.45) is 6.60. The number of rotatable bonds is 15. The van der Waals surface area contributed by atoms with Crippen molar-refractivity contribution in [2.24, 2.45) is 4.99 Å². The van der Waals surface area contributed by atoms with Gasteiger partial charge in [-0.25, -0.2) is 48.4 Å². The van der Waals surface area contributed by atoms with Gasteiger partial charge in [-0.2, -0.15) is 15.3 Å². The van der Waals surface area contributed by atoms with Crippen LogP contribution in [0.15, 0.2) is 341 Å². The van der Waals surface area contributed by atoms with E-state index in [9.17, 15) is 19.5 Å². The number of carboxylic acids is 1. The Morgan fingerprint density at radius 2 is 0.624 bits per heavy atom. The van der Waals surface area contributed by atoms with Crippen LogP contribution in [0.2, 0.25) is 0 Å². The predicted molar refractivity (Wildman–Crippen MR) is 437 cm³/mol. The number of pyridine rings is 4. The van der Waals surface area contributed by atoms with Crippen LogP contribution in [-0.2, 0) is 32.6 Å². The number of aromatic nitrogens is 10. The molecule has 109 heavy (non-hydrogen) atoms. The Hall–Kier alpha value is -12.2. The number of methoxy groups -OCH3 is 2. The molecule has 0 amide bonds. The van der Waals surface area contributed by atoms with E-state index in [1.54, 1.807) is 43.0 Å². The molecular weight excluding hydrogens is 1630 g/mol. The Morgan fingerprint density at radius 1 is 0.367 bits per heavy atom. The van der Waals surface area contributed by atoms with Gasteiger partial charge in [0.25, 0.3) is 0 Å². The molecule has 0 fully saturated rings. The summed E-state index contributed by atoms with van der Waals surface area (Å²) < 4.78 is 18.2. The van der Waals surface area contributed by atoms with Crippen molar-refractivity contribution in [3.05, 3.63) is 414 Å². The number of nitrogen functional groups attached to an aromatic ring is 1. The number of aromatic carboxylic acids is 1. The summed E-state index contributed by atoms with van der Waals surface area (Å²) in [5.41, 5.74) is 18.0. The van der Waals surface area contributed by atoms with E-state index in [0.29, 0.717) is 32.8 Å². The second kappa shape index (κ2) is 32.5. The van der Waals surface area contributed by atoms with Gasteiger partial charge in [0.1, 0.15) is 52.3 Å². The van der Waals surface area contributed by atoms with Crippen LogP contribution in [0.5, 0.6) is 0 Å². The summed E-state index contributed by atoms with van der Waals surface area (Å²) in [5, 5.41) is 26.9. The second-order valence-electron chi connectivity index (χ2n) is 25.0. The van der Waals surface area contributed by atoms with Crippen LogP contribution in [0.4, 0.5) is 5.82 Å². The van der Waals surface area contributed by atoms with Crippen molar-refractivity contribution in [2.75, 3.05) is 20.0 Å². The fourth-order valence-electron chi connectivity index (χ4n) is 14.0. The van der Waals surface area contributed by atoms with E-state index in [4.69, 9.17) is 25.8 Å². The lowest BCUT2D eigenvalue weighted by molar-refractivity contribution is 0.0585. The van der Waals surface area contributed by atoms with Gasteiger partial charge in [-0.1, -0.05) is 273 Å². The Morgan fingerprint density at radius 3 is 0.917 bits per heavy atom. The molecule has 1 aliphatic rings. The van der Waals surface area contributed by atoms with Crippen molar-refractivity contribution >= 4 is 125 Å². The van der Waals surface area contributed by atoms with Crippen LogP contribution in [0.25, 0.3) is 32.7 Å². The van der Waals surface area contributed by atoms with Crippen molar-refractivity contribution < 1.29 is 29.0 Å². The van der Waals surface area contributed by atoms with Gasteiger partial charge < -0.3 is 20.3 Å². The molecule has 8 heterocycles. The lowest BCUT2D eigenvalue weighted by Crippen LogP contribution is -2.38. The predicted octanol–water partition coefficient (Wildman–Crippen LogP) is 18.7. The molecule has 7 aromatic heterocycles. The zero-order valence-corrected chi connectivity index (χ0v) is 64.6. The maximum atomic E-state index is 12.3. The quantitative estimate of drug-likeness (QED) is 0.0718. The third kappa shape index (κ3) is 14.1. The number of hydrogen-bond acceptors (Lipinski definition) is 14. The van der Waals surface area contributed by atoms with Gasteiger partial charge in [0, 0.05) is 36.4 Å². The van der Waals surface area contributed by atoms with Crippen molar-refractivity contribution in [3.63, 3.8) is 0 Å². The van der Waals surface area contributed by atoms with Crippen LogP contribution in [-0.4, -0.2) is 91.1 Å². The number of halogens is 4. The first-order valence-corrected chi connectivity index (χ1v) is 37.4. The van der Waals surface area contributed by atoms with Crippen LogP contribution in [0.1, 0.15) is 92.7 Å². The minimum atomic E-state index is -1.08. The molecule has 3 N–H and O–H groups in total. The standard InChI is InChI=1S/C27H20BrN3O2.C26H18BrN3O2.C25H19BrN4.C9H7BrN2O2/c1-33-26(32)23-17-24-22(18-29-23)25(28)30-31(24)27(19-11-5-2-6-12-19,20-13-7-3-8-14-20)21-15-9-4-10-16-21;27-24-21-17-28-22(25(31)32)16-23(21)30(29-24)26(18-10-4-1-5-11-18,19-12-6-2-7-13-19)20-14-8-3-9-15-20;26-24-21-17-28-23(27)16-22(21)30(29-24)25(18-10-4-1-5-11-18,19-12-6-2-7-13-19)20-14-8-3-9-15-20;1-14-9(13)7-2-5-3-12-8(10)6(5)4-11-7/h2-18H,1H3;1-17H,(H,31,32);1-17H,(H2,27,28);2,4H,3H2,1H3. The number of esters is 2. The molecule has 1 aliphatic heterocycles. The van der Waals surface area contributed by atoms with Gasteiger partial charge in [-0.3, -0.25) is 4.99 Å². The van der Waals surface area contributed by atoms with Crippen LogP contribution in [0, 0.1) is 0 Å². The topological polar surface area (TPSA) is 233 Å². The number of aliphatic imine (C=N–C) groups is 1. The highest BCUT2D eigenvalue weighted by Gasteiger charge is 2.44. The van der Waals surface area contributed by atoms with Gasteiger partial charge in [0.15, 0.2) is 5.69 Å². The Bertz CT molecular complexity index is 5660. The van der Waals surface area contributed by atoms with E-state index < -0.39 is 34.5 Å². The molecule has 0 spiro atoms. The highest BCUT2D eigenvalue weighted by molar-refractivity contribution is 9.18. The normalized spacial score (nSPS) is 11.8. The monoisotopic (exact) mass is 1690 g/mol. The first-order valence-electron chi connectivity index (χ1n) is 34.2. The van der Waals surface area contributed by atoms with E-state index in [-0.39, 0.29) is 11.4 Å². The molecule has 0 atom stereocenters. The largest absolute Gasteiger partial charge is 0.477 e. The number of benzene rings is 9. The average Bonchev–Trinajstić information content (AvgIpc) is 1.68.